The zero-order valence-corrected chi connectivity index (χ0v) is 15.3. The molecule has 4 saturated carbocycles. The van der Waals surface area contributed by atoms with Crippen molar-refractivity contribution in [2.45, 2.75) is 50.5 Å². The molecule has 26 heavy (non-hydrogen) atoms. The Morgan fingerprint density at radius 1 is 1.08 bits per heavy atom. The van der Waals surface area contributed by atoms with E-state index in [1.807, 2.05) is 11.0 Å². The van der Waals surface area contributed by atoms with E-state index in [1.165, 1.54) is 6.42 Å². The summed E-state index contributed by atoms with van der Waals surface area (Å²) in [5, 5.41) is 10.9. The predicted octanol–water partition coefficient (Wildman–Crippen LogP) is 1.85. The van der Waals surface area contributed by atoms with E-state index in [0.29, 0.717) is 18.3 Å². The molecule has 0 aromatic carbocycles. The number of carbonyl (C=O) groups is 1. The molecular formula is C20H28N4O2. The average Bonchev–Trinajstić information content (AvgIpc) is 2.60. The molecular weight excluding hydrogens is 328 g/mol. The summed E-state index contributed by atoms with van der Waals surface area (Å²) < 4.78 is 0. The SMILES string of the molecule is O=C(CC12CC3CC(CC(O)(C3)C1)C2)N1CCN(c2ncccn2)CC1. The summed E-state index contributed by atoms with van der Waals surface area (Å²) in [7, 11) is 0. The van der Waals surface area contributed by atoms with E-state index in [0.717, 1.165) is 64.2 Å². The molecule has 4 bridgehead atoms. The Bertz CT molecular complexity index is 672. The normalized spacial score (nSPS) is 38.7. The van der Waals surface area contributed by atoms with Gasteiger partial charge < -0.3 is 14.9 Å². The molecule has 6 rings (SSSR count). The molecule has 4 aliphatic carbocycles. The fraction of sp³-hybridized carbons (Fsp3) is 0.750. The molecule has 1 aliphatic heterocycles. The largest absolute Gasteiger partial charge is 0.390 e. The molecule has 5 fully saturated rings. The average molecular weight is 356 g/mol. The highest BCUT2D eigenvalue weighted by molar-refractivity contribution is 5.77. The molecule has 6 nitrogen and oxygen atoms in total. The molecule has 2 unspecified atom stereocenters. The van der Waals surface area contributed by atoms with Crippen LogP contribution >= 0.6 is 0 Å². The lowest BCUT2D eigenvalue weighted by atomic mass is 9.47. The molecule has 2 atom stereocenters. The third kappa shape index (κ3) is 2.88. The highest BCUT2D eigenvalue weighted by atomic mass is 16.3. The van der Waals surface area contributed by atoms with Crippen LogP contribution in [0.4, 0.5) is 5.95 Å². The quantitative estimate of drug-likeness (QED) is 0.895. The van der Waals surface area contributed by atoms with Gasteiger partial charge in [0.05, 0.1) is 5.60 Å². The van der Waals surface area contributed by atoms with Gasteiger partial charge in [-0.15, -0.1) is 0 Å². The van der Waals surface area contributed by atoms with Gasteiger partial charge in [0.2, 0.25) is 11.9 Å². The number of aromatic nitrogens is 2. The number of carbonyl (C=O) groups excluding carboxylic acids is 1. The Labute approximate surface area is 154 Å². The van der Waals surface area contributed by atoms with Crippen molar-refractivity contribution < 1.29 is 9.90 Å². The van der Waals surface area contributed by atoms with E-state index in [1.54, 1.807) is 12.4 Å². The summed E-state index contributed by atoms with van der Waals surface area (Å²) in [5.74, 6) is 2.31. The molecule has 0 spiro atoms. The van der Waals surface area contributed by atoms with Gasteiger partial charge in [-0.05, 0) is 61.8 Å². The number of hydrogen-bond donors (Lipinski definition) is 1. The Morgan fingerprint density at radius 2 is 1.73 bits per heavy atom. The minimum atomic E-state index is -0.478. The van der Waals surface area contributed by atoms with Crippen molar-refractivity contribution in [2.24, 2.45) is 17.3 Å². The van der Waals surface area contributed by atoms with Crippen molar-refractivity contribution in [3.63, 3.8) is 0 Å². The van der Waals surface area contributed by atoms with Crippen LogP contribution in [0.2, 0.25) is 0 Å². The van der Waals surface area contributed by atoms with Crippen molar-refractivity contribution in [3.05, 3.63) is 18.5 Å². The highest BCUT2D eigenvalue weighted by Gasteiger charge is 2.57. The number of anilines is 1. The van der Waals surface area contributed by atoms with Crippen LogP contribution in [-0.4, -0.2) is 57.7 Å². The molecule has 1 N–H and O–H groups in total. The van der Waals surface area contributed by atoms with Gasteiger partial charge in [0, 0.05) is 45.0 Å². The first-order chi connectivity index (χ1) is 12.5. The van der Waals surface area contributed by atoms with Crippen molar-refractivity contribution in [2.75, 3.05) is 31.1 Å². The Kier molecular flexibility index (Phi) is 3.75. The number of aliphatic hydroxyl groups is 1. The molecule has 5 aliphatic rings. The van der Waals surface area contributed by atoms with E-state index in [-0.39, 0.29) is 11.3 Å². The van der Waals surface area contributed by atoms with E-state index >= 15 is 0 Å². The minimum Gasteiger partial charge on any atom is -0.390 e. The fourth-order valence-electron chi connectivity index (χ4n) is 6.65. The summed E-state index contributed by atoms with van der Waals surface area (Å²) in [4.78, 5) is 25.8. The first-order valence-electron chi connectivity index (χ1n) is 10.0. The van der Waals surface area contributed by atoms with Crippen LogP contribution in [0.25, 0.3) is 0 Å². The maximum atomic E-state index is 13.0. The van der Waals surface area contributed by atoms with Gasteiger partial charge in [0.25, 0.3) is 0 Å². The molecule has 2 heterocycles. The van der Waals surface area contributed by atoms with Crippen LogP contribution in [0, 0.1) is 17.3 Å². The Hall–Kier alpha value is -1.69. The smallest absolute Gasteiger partial charge is 0.225 e. The zero-order valence-electron chi connectivity index (χ0n) is 15.3. The van der Waals surface area contributed by atoms with Gasteiger partial charge in [-0.2, -0.15) is 0 Å². The predicted molar refractivity (Wildman–Crippen MR) is 97.5 cm³/mol. The van der Waals surface area contributed by atoms with Gasteiger partial charge in [0.15, 0.2) is 0 Å². The van der Waals surface area contributed by atoms with E-state index in [4.69, 9.17) is 0 Å². The first kappa shape index (κ1) is 16.5. The van der Waals surface area contributed by atoms with Crippen LogP contribution in [0.3, 0.4) is 0 Å². The Morgan fingerprint density at radius 3 is 2.35 bits per heavy atom. The molecule has 1 saturated heterocycles. The van der Waals surface area contributed by atoms with Crippen LogP contribution in [0.5, 0.6) is 0 Å². The van der Waals surface area contributed by atoms with Crippen LogP contribution in [-0.2, 0) is 4.79 Å². The Balaban J connectivity index is 1.22. The van der Waals surface area contributed by atoms with Crippen molar-refractivity contribution in [1.29, 1.82) is 0 Å². The van der Waals surface area contributed by atoms with Crippen LogP contribution in [0.1, 0.15) is 44.9 Å². The molecule has 1 amide bonds. The van der Waals surface area contributed by atoms with Gasteiger partial charge in [-0.3, -0.25) is 4.79 Å². The first-order valence-corrected chi connectivity index (χ1v) is 10.0. The molecule has 140 valence electrons. The number of piperazine rings is 1. The summed E-state index contributed by atoms with van der Waals surface area (Å²) in [6.45, 7) is 3.06. The lowest BCUT2D eigenvalue weighted by molar-refractivity contribution is -0.172. The van der Waals surface area contributed by atoms with E-state index in [2.05, 4.69) is 14.9 Å². The maximum absolute atomic E-state index is 13.0. The zero-order chi connectivity index (χ0) is 17.8. The number of amides is 1. The number of nitrogens with zero attached hydrogens (tertiary/aromatic N) is 4. The number of rotatable bonds is 3. The summed E-state index contributed by atoms with van der Waals surface area (Å²) in [6.07, 6.45) is 10.5. The molecule has 1 aromatic rings. The second kappa shape index (κ2) is 5.91. The third-order valence-electron chi connectivity index (χ3n) is 7.14. The van der Waals surface area contributed by atoms with Crippen molar-refractivity contribution in [3.8, 4) is 0 Å². The monoisotopic (exact) mass is 356 g/mol. The highest BCUT2D eigenvalue weighted by Crippen LogP contribution is 2.62. The fourth-order valence-corrected chi connectivity index (χ4v) is 6.65. The lowest BCUT2D eigenvalue weighted by Crippen LogP contribution is -2.57. The standard InChI is InChI=1S/C20H28N4O2/c25-17(23-4-6-24(7-5-23)18-21-2-1-3-22-18)13-19-9-15-8-16(10-19)12-20(26,11-15)14-19/h1-3,15-16,26H,4-14H2. The number of hydrogen-bond acceptors (Lipinski definition) is 5. The van der Waals surface area contributed by atoms with Gasteiger partial charge in [-0.25, -0.2) is 9.97 Å². The van der Waals surface area contributed by atoms with Gasteiger partial charge in [-0.1, -0.05) is 0 Å². The third-order valence-corrected chi connectivity index (χ3v) is 7.14. The summed E-state index contributed by atoms with van der Waals surface area (Å²) in [5.41, 5.74) is -0.413. The minimum absolute atomic E-state index is 0.0651. The van der Waals surface area contributed by atoms with Crippen LogP contribution < -0.4 is 4.90 Å². The topological polar surface area (TPSA) is 69.6 Å². The second-order valence-corrected chi connectivity index (χ2v) is 9.28. The van der Waals surface area contributed by atoms with Gasteiger partial charge in [0.1, 0.15) is 0 Å². The van der Waals surface area contributed by atoms with E-state index < -0.39 is 5.60 Å². The van der Waals surface area contributed by atoms with Crippen molar-refractivity contribution >= 4 is 11.9 Å². The molecule has 0 radical (unpaired) electrons. The van der Waals surface area contributed by atoms with Crippen LogP contribution in [0.15, 0.2) is 18.5 Å². The molecule has 1 aromatic heterocycles. The molecule has 6 heteroatoms. The lowest BCUT2D eigenvalue weighted by Gasteiger charge is -2.60. The second-order valence-electron chi connectivity index (χ2n) is 9.28. The summed E-state index contributed by atoms with van der Waals surface area (Å²) in [6, 6.07) is 1.82. The summed E-state index contributed by atoms with van der Waals surface area (Å²) >= 11 is 0. The maximum Gasteiger partial charge on any atom is 0.225 e. The van der Waals surface area contributed by atoms with E-state index in [9.17, 15) is 9.90 Å². The van der Waals surface area contributed by atoms with Crippen molar-refractivity contribution in [1.82, 2.24) is 14.9 Å². The van der Waals surface area contributed by atoms with Gasteiger partial charge >= 0.3 is 0 Å².